The summed E-state index contributed by atoms with van der Waals surface area (Å²) in [7, 11) is 0. The average Bonchev–Trinajstić information content (AvgIpc) is 2.75. The molecule has 0 aliphatic heterocycles. The Hall–Kier alpha value is -1.69. The average molecular weight is 266 g/mol. The van der Waals surface area contributed by atoms with Crippen LogP contribution in [0, 0.1) is 0 Å². The molecule has 0 unspecified atom stereocenters. The molecule has 0 fully saturated rings. The van der Waals surface area contributed by atoms with Gasteiger partial charge in [0, 0.05) is 0 Å². The number of hydrogen-bond donors (Lipinski definition) is 2. The van der Waals surface area contributed by atoms with Crippen molar-refractivity contribution in [3.63, 3.8) is 0 Å². The fourth-order valence-corrected chi connectivity index (χ4v) is 2.00. The molecule has 0 saturated carbocycles. The highest BCUT2D eigenvalue weighted by Gasteiger charge is 2.17. The summed E-state index contributed by atoms with van der Waals surface area (Å²) in [5, 5.41) is 23.7. The molecule has 0 atom stereocenters. The maximum Gasteiger partial charge on any atom is 0.265 e. The summed E-state index contributed by atoms with van der Waals surface area (Å²) in [5.74, 6) is 1.15. The van der Waals surface area contributed by atoms with E-state index in [0.29, 0.717) is 16.8 Å². The minimum absolute atomic E-state index is 0.0817. The van der Waals surface area contributed by atoms with Gasteiger partial charge in [-0.2, -0.15) is 16.7 Å². The van der Waals surface area contributed by atoms with E-state index in [2.05, 4.69) is 24.0 Å². The molecular formula is C12H14N2O3S. The van der Waals surface area contributed by atoms with Crippen molar-refractivity contribution in [3.05, 3.63) is 24.0 Å². The van der Waals surface area contributed by atoms with Gasteiger partial charge in [0.05, 0.1) is 5.75 Å². The van der Waals surface area contributed by atoms with Gasteiger partial charge < -0.3 is 14.7 Å². The lowest BCUT2D eigenvalue weighted by molar-refractivity contribution is 0.411. The van der Waals surface area contributed by atoms with E-state index < -0.39 is 0 Å². The van der Waals surface area contributed by atoms with E-state index in [1.165, 1.54) is 12.1 Å². The van der Waals surface area contributed by atoms with Crippen molar-refractivity contribution >= 4 is 11.8 Å². The molecule has 1 aromatic heterocycles. The molecule has 1 heterocycles. The highest BCUT2D eigenvalue weighted by molar-refractivity contribution is 7.99. The smallest absolute Gasteiger partial charge is 0.265 e. The lowest BCUT2D eigenvalue weighted by Crippen LogP contribution is -1.90. The Bertz CT molecular complexity index is 520. The highest BCUT2D eigenvalue weighted by atomic mass is 32.2. The Labute approximate surface area is 109 Å². The highest BCUT2D eigenvalue weighted by Crippen LogP contribution is 2.35. The summed E-state index contributed by atoms with van der Waals surface area (Å²) in [5.41, 5.74) is 0.172. The second-order valence-corrected chi connectivity index (χ2v) is 5.61. The SMILES string of the molecule is CC(C)SCc1noc(-c2c(O)cccc2O)n1. The van der Waals surface area contributed by atoms with Gasteiger partial charge in [-0.1, -0.05) is 25.1 Å². The van der Waals surface area contributed by atoms with Gasteiger partial charge in [0.2, 0.25) is 0 Å². The predicted octanol–water partition coefficient (Wildman–Crippen LogP) is 2.79. The molecule has 0 radical (unpaired) electrons. The van der Waals surface area contributed by atoms with E-state index in [0.717, 1.165) is 0 Å². The van der Waals surface area contributed by atoms with Crippen molar-refractivity contribution < 1.29 is 14.7 Å². The molecule has 96 valence electrons. The van der Waals surface area contributed by atoms with Crippen LogP contribution in [0.25, 0.3) is 11.5 Å². The zero-order valence-corrected chi connectivity index (χ0v) is 10.9. The van der Waals surface area contributed by atoms with Crippen LogP contribution in [-0.2, 0) is 5.75 Å². The molecule has 0 bridgehead atoms. The van der Waals surface area contributed by atoms with Crippen molar-refractivity contribution in [3.8, 4) is 23.0 Å². The minimum atomic E-state index is -0.0817. The van der Waals surface area contributed by atoms with E-state index >= 15 is 0 Å². The summed E-state index contributed by atoms with van der Waals surface area (Å²) in [4.78, 5) is 4.16. The van der Waals surface area contributed by atoms with E-state index in [-0.39, 0.29) is 23.0 Å². The van der Waals surface area contributed by atoms with Crippen LogP contribution in [0.3, 0.4) is 0 Å². The van der Waals surface area contributed by atoms with Crippen LogP contribution < -0.4 is 0 Å². The number of benzene rings is 1. The molecule has 0 aliphatic rings. The van der Waals surface area contributed by atoms with Gasteiger partial charge in [-0.05, 0) is 17.4 Å². The number of thioether (sulfide) groups is 1. The molecule has 18 heavy (non-hydrogen) atoms. The van der Waals surface area contributed by atoms with Gasteiger partial charge in [0.15, 0.2) is 5.82 Å². The summed E-state index contributed by atoms with van der Waals surface area (Å²) >= 11 is 1.69. The molecule has 5 nitrogen and oxygen atoms in total. The largest absolute Gasteiger partial charge is 0.507 e. The molecular weight excluding hydrogens is 252 g/mol. The van der Waals surface area contributed by atoms with Gasteiger partial charge in [0.1, 0.15) is 17.1 Å². The Kier molecular flexibility index (Phi) is 3.76. The first kappa shape index (κ1) is 12.8. The van der Waals surface area contributed by atoms with Crippen LogP contribution in [0.15, 0.2) is 22.7 Å². The summed E-state index contributed by atoms with van der Waals surface area (Å²) in [6.45, 7) is 4.17. The fraction of sp³-hybridized carbons (Fsp3) is 0.333. The molecule has 0 amide bonds. The third kappa shape index (κ3) is 2.76. The van der Waals surface area contributed by atoms with E-state index in [1.807, 2.05) is 0 Å². The molecule has 0 spiro atoms. The van der Waals surface area contributed by atoms with Gasteiger partial charge in [0.25, 0.3) is 5.89 Å². The monoisotopic (exact) mass is 266 g/mol. The number of phenols is 2. The second-order valence-electron chi connectivity index (χ2n) is 4.05. The van der Waals surface area contributed by atoms with Crippen LogP contribution in [0.2, 0.25) is 0 Å². The van der Waals surface area contributed by atoms with Crippen LogP contribution >= 0.6 is 11.8 Å². The standard InChI is InChI=1S/C12H14N2O3S/c1-7(2)18-6-10-13-12(17-14-10)11-8(15)4-3-5-9(11)16/h3-5,7,15-16H,6H2,1-2H3. The third-order valence-corrected chi connectivity index (χ3v) is 3.34. The van der Waals surface area contributed by atoms with E-state index in [1.54, 1.807) is 17.8 Å². The van der Waals surface area contributed by atoms with Crippen molar-refractivity contribution in [2.45, 2.75) is 24.9 Å². The summed E-state index contributed by atoms with van der Waals surface area (Å²) in [6, 6.07) is 4.46. The number of rotatable bonds is 4. The quantitative estimate of drug-likeness (QED) is 0.885. The second kappa shape index (κ2) is 5.30. The van der Waals surface area contributed by atoms with Crippen molar-refractivity contribution in [2.24, 2.45) is 0 Å². The first-order chi connectivity index (χ1) is 8.58. The van der Waals surface area contributed by atoms with Gasteiger partial charge in [-0.3, -0.25) is 0 Å². The number of nitrogens with zero attached hydrogens (tertiary/aromatic N) is 2. The van der Waals surface area contributed by atoms with Crippen LogP contribution in [0.5, 0.6) is 11.5 Å². The molecule has 2 N–H and O–H groups in total. The molecule has 0 aliphatic carbocycles. The maximum atomic E-state index is 9.68. The fourth-order valence-electron chi connectivity index (χ4n) is 1.40. The summed E-state index contributed by atoms with van der Waals surface area (Å²) in [6.07, 6.45) is 0. The molecule has 0 saturated heterocycles. The van der Waals surface area contributed by atoms with Crippen LogP contribution in [0.4, 0.5) is 0 Å². The third-order valence-electron chi connectivity index (χ3n) is 2.25. The Morgan fingerprint density at radius 3 is 2.56 bits per heavy atom. The van der Waals surface area contributed by atoms with E-state index in [9.17, 15) is 10.2 Å². The minimum Gasteiger partial charge on any atom is -0.507 e. The van der Waals surface area contributed by atoms with Gasteiger partial charge in [-0.25, -0.2) is 0 Å². The molecule has 2 rings (SSSR count). The lowest BCUT2D eigenvalue weighted by Gasteiger charge is -2.01. The predicted molar refractivity (Wildman–Crippen MR) is 69.5 cm³/mol. The van der Waals surface area contributed by atoms with Crippen LogP contribution in [0.1, 0.15) is 19.7 Å². The van der Waals surface area contributed by atoms with Crippen molar-refractivity contribution in [2.75, 3.05) is 0 Å². The van der Waals surface area contributed by atoms with Gasteiger partial charge in [-0.15, -0.1) is 0 Å². The first-order valence-electron chi connectivity index (χ1n) is 5.53. The molecule has 2 aromatic rings. The van der Waals surface area contributed by atoms with E-state index in [4.69, 9.17) is 4.52 Å². The maximum absolute atomic E-state index is 9.68. The number of hydrogen-bond acceptors (Lipinski definition) is 6. The molecule has 6 heteroatoms. The topological polar surface area (TPSA) is 79.4 Å². The Balaban J connectivity index is 2.24. The Morgan fingerprint density at radius 1 is 1.28 bits per heavy atom. The number of phenolic OH excluding ortho intramolecular Hbond substituents is 2. The lowest BCUT2D eigenvalue weighted by atomic mass is 10.2. The van der Waals surface area contributed by atoms with Crippen molar-refractivity contribution in [1.29, 1.82) is 0 Å². The van der Waals surface area contributed by atoms with Gasteiger partial charge >= 0.3 is 0 Å². The molecule has 1 aromatic carbocycles. The zero-order valence-electron chi connectivity index (χ0n) is 10.1. The first-order valence-corrected chi connectivity index (χ1v) is 6.58. The summed E-state index contributed by atoms with van der Waals surface area (Å²) < 4.78 is 5.05. The van der Waals surface area contributed by atoms with Crippen molar-refractivity contribution in [1.82, 2.24) is 10.1 Å². The number of aromatic nitrogens is 2. The van der Waals surface area contributed by atoms with Crippen LogP contribution in [-0.4, -0.2) is 25.6 Å². The normalized spacial score (nSPS) is 11.1. The number of aromatic hydroxyl groups is 2. The zero-order chi connectivity index (χ0) is 13.1. The Morgan fingerprint density at radius 2 is 1.94 bits per heavy atom.